The van der Waals surface area contributed by atoms with Crippen LogP contribution in [0.1, 0.15) is 24.5 Å². The lowest BCUT2D eigenvalue weighted by Crippen LogP contribution is -2.33. The maximum Gasteiger partial charge on any atom is 0.208 e. The zero-order valence-corrected chi connectivity index (χ0v) is 9.08. The predicted molar refractivity (Wildman–Crippen MR) is 55.2 cm³/mol. The summed E-state index contributed by atoms with van der Waals surface area (Å²) in [5, 5.41) is 0. The third-order valence-corrected chi connectivity index (χ3v) is 2.95. The first-order chi connectivity index (χ1) is 7.28. The van der Waals surface area contributed by atoms with Crippen molar-refractivity contribution in [3.05, 3.63) is 17.8 Å². The molecular weight excluding hydrogens is 195 g/mol. The largest absolute Gasteiger partial charge is 0.445 e. The molecule has 0 aromatic carbocycles. The van der Waals surface area contributed by atoms with Gasteiger partial charge < -0.3 is 4.42 Å². The molecule has 0 amide bonds. The van der Waals surface area contributed by atoms with E-state index < -0.39 is 0 Å². The molecule has 1 saturated heterocycles. The first-order valence-corrected chi connectivity index (χ1v) is 5.47. The molecule has 84 valence electrons. The van der Waals surface area contributed by atoms with Gasteiger partial charge in [-0.2, -0.15) is 0 Å². The Morgan fingerprint density at radius 2 is 2.27 bits per heavy atom. The zero-order chi connectivity index (χ0) is 10.7. The molecule has 2 heterocycles. The van der Waals surface area contributed by atoms with Crippen molar-refractivity contribution >= 4 is 0 Å². The SMILES string of the molecule is Cc1cnc(CN2CCC(CF)CC2)o1. The van der Waals surface area contributed by atoms with Crippen LogP contribution in [0, 0.1) is 12.8 Å². The molecule has 0 saturated carbocycles. The molecule has 1 aliphatic rings. The van der Waals surface area contributed by atoms with Crippen LogP contribution in [0.5, 0.6) is 0 Å². The Hall–Kier alpha value is -0.900. The van der Waals surface area contributed by atoms with Crippen molar-refractivity contribution < 1.29 is 8.81 Å². The maximum atomic E-state index is 12.4. The Morgan fingerprint density at radius 3 is 2.80 bits per heavy atom. The fourth-order valence-corrected chi connectivity index (χ4v) is 1.96. The normalized spacial score (nSPS) is 19.6. The molecule has 0 N–H and O–H groups in total. The van der Waals surface area contributed by atoms with Crippen molar-refractivity contribution in [2.45, 2.75) is 26.3 Å². The molecule has 1 aliphatic heterocycles. The molecule has 1 aromatic rings. The number of aryl methyl sites for hydroxylation is 1. The molecule has 1 aromatic heterocycles. The summed E-state index contributed by atoms with van der Waals surface area (Å²) in [4.78, 5) is 6.44. The van der Waals surface area contributed by atoms with E-state index in [0.717, 1.165) is 44.1 Å². The molecule has 3 nitrogen and oxygen atoms in total. The highest BCUT2D eigenvalue weighted by atomic mass is 19.1. The summed E-state index contributed by atoms with van der Waals surface area (Å²) in [6.45, 7) is 4.39. The number of halogens is 1. The quantitative estimate of drug-likeness (QED) is 0.769. The number of aromatic nitrogens is 1. The summed E-state index contributed by atoms with van der Waals surface area (Å²) >= 11 is 0. The van der Waals surface area contributed by atoms with Crippen LogP contribution in [-0.4, -0.2) is 29.6 Å². The van der Waals surface area contributed by atoms with Gasteiger partial charge >= 0.3 is 0 Å². The van der Waals surface area contributed by atoms with Crippen molar-refractivity contribution in [2.75, 3.05) is 19.8 Å². The van der Waals surface area contributed by atoms with Crippen LogP contribution in [0.4, 0.5) is 4.39 Å². The highest BCUT2D eigenvalue weighted by Gasteiger charge is 2.19. The third-order valence-electron chi connectivity index (χ3n) is 2.95. The van der Waals surface area contributed by atoms with E-state index in [0.29, 0.717) is 0 Å². The van der Waals surface area contributed by atoms with E-state index >= 15 is 0 Å². The lowest BCUT2D eigenvalue weighted by Gasteiger charge is -2.29. The van der Waals surface area contributed by atoms with Crippen LogP contribution < -0.4 is 0 Å². The van der Waals surface area contributed by atoms with Gasteiger partial charge in [0.2, 0.25) is 5.89 Å². The van der Waals surface area contributed by atoms with E-state index in [-0.39, 0.29) is 12.6 Å². The zero-order valence-electron chi connectivity index (χ0n) is 9.08. The van der Waals surface area contributed by atoms with Crippen molar-refractivity contribution in [1.29, 1.82) is 0 Å². The van der Waals surface area contributed by atoms with Crippen LogP contribution in [0.2, 0.25) is 0 Å². The fraction of sp³-hybridized carbons (Fsp3) is 0.727. The summed E-state index contributed by atoms with van der Waals surface area (Å²) < 4.78 is 17.8. The molecule has 0 radical (unpaired) electrons. The summed E-state index contributed by atoms with van der Waals surface area (Å²) in [5.74, 6) is 1.89. The van der Waals surface area contributed by atoms with E-state index in [1.54, 1.807) is 6.20 Å². The van der Waals surface area contributed by atoms with Gasteiger partial charge in [-0.3, -0.25) is 9.29 Å². The topological polar surface area (TPSA) is 29.3 Å². The molecule has 1 fully saturated rings. The molecular formula is C11H17FN2O. The Balaban J connectivity index is 1.82. The van der Waals surface area contributed by atoms with Gasteiger partial charge in [-0.1, -0.05) is 0 Å². The number of nitrogens with zero attached hydrogens (tertiary/aromatic N) is 2. The second-order valence-corrected chi connectivity index (χ2v) is 4.24. The third kappa shape index (κ3) is 2.78. The van der Waals surface area contributed by atoms with Crippen LogP contribution in [0.3, 0.4) is 0 Å². The maximum absolute atomic E-state index is 12.4. The molecule has 0 atom stereocenters. The first-order valence-electron chi connectivity index (χ1n) is 5.47. The summed E-state index contributed by atoms with van der Waals surface area (Å²) in [5.41, 5.74) is 0. The van der Waals surface area contributed by atoms with Crippen LogP contribution >= 0.6 is 0 Å². The van der Waals surface area contributed by atoms with Crippen LogP contribution in [-0.2, 0) is 6.54 Å². The average molecular weight is 212 g/mol. The highest BCUT2D eigenvalue weighted by molar-refractivity contribution is 4.91. The standard InChI is InChI=1S/C11H17FN2O/c1-9-7-13-11(15-9)8-14-4-2-10(6-12)3-5-14/h7,10H,2-6,8H2,1H3. The first kappa shape index (κ1) is 10.6. The molecule has 2 rings (SSSR count). The lowest BCUT2D eigenvalue weighted by molar-refractivity contribution is 0.148. The average Bonchev–Trinajstić information content (AvgIpc) is 2.65. The van der Waals surface area contributed by atoms with Gasteiger partial charge in [0.15, 0.2) is 0 Å². The smallest absolute Gasteiger partial charge is 0.208 e. The number of hydrogen-bond donors (Lipinski definition) is 0. The summed E-state index contributed by atoms with van der Waals surface area (Å²) in [6.07, 6.45) is 3.65. The molecule has 4 heteroatoms. The van der Waals surface area contributed by atoms with E-state index in [2.05, 4.69) is 9.88 Å². The second-order valence-electron chi connectivity index (χ2n) is 4.24. The van der Waals surface area contributed by atoms with Crippen LogP contribution in [0.15, 0.2) is 10.6 Å². The van der Waals surface area contributed by atoms with E-state index in [4.69, 9.17) is 4.42 Å². The number of oxazole rings is 1. The molecule has 0 aliphatic carbocycles. The number of alkyl halides is 1. The minimum Gasteiger partial charge on any atom is -0.445 e. The van der Waals surface area contributed by atoms with E-state index in [9.17, 15) is 4.39 Å². The van der Waals surface area contributed by atoms with Gasteiger partial charge in [0.05, 0.1) is 19.4 Å². The summed E-state index contributed by atoms with van der Waals surface area (Å²) in [6, 6.07) is 0. The van der Waals surface area contributed by atoms with Crippen molar-refractivity contribution in [1.82, 2.24) is 9.88 Å². The van der Waals surface area contributed by atoms with Crippen molar-refractivity contribution in [3.8, 4) is 0 Å². The Bertz CT molecular complexity index is 305. The Morgan fingerprint density at radius 1 is 1.53 bits per heavy atom. The molecule has 0 bridgehead atoms. The van der Waals surface area contributed by atoms with Gasteiger partial charge in [-0.15, -0.1) is 0 Å². The minimum absolute atomic E-state index is 0.175. The molecule has 0 spiro atoms. The molecule has 15 heavy (non-hydrogen) atoms. The van der Waals surface area contributed by atoms with E-state index in [1.165, 1.54) is 0 Å². The Kier molecular flexibility index (Phi) is 3.36. The van der Waals surface area contributed by atoms with Gasteiger partial charge in [0.25, 0.3) is 0 Å². The molecule has 0 unspecified atom stereocenters. The number of rotatable bonds is 3. The van der Waals surface area contributed by atoms with Crippen molar-refractivity contribution in [2.24, 2.45) is 5.92 Å². The fourth-order valence-electron chi connectivity index (χ4n) is 1.96. The van der Waals surface area contributed by atoms with Gasteiger partial charge in [0.1, 0.15) is 5.76 Å². The second kappa shape index (κ2) is 4.75. The van der Waals surface area contributed by atoms with Gasteiger partial charge in [0, 0.05) is 0 Å². The van der Waals surface area contributed by atoms with Gasteiger partial charge in [-0.05, 0) is 38.8 Å². The Labute approximate surface area is 89.3 Å². The number of hydrogen-bond acceptors (Lipinski definition) is 3. The number of piperidine rings is 1. The lowest BCUT2D eigenvalue weighted by atomic mass is 9.98. The highest BCUT2D eigenvalue weighted by Crippen LogP contribution is 2.19. The van der Waals surface area contributed by atoms with Gasteiger partial charge in [-0.25, -0.2) is 4.98 Å². The number of likely N-dealkylation sites (tertiary alicyclic amines) is 1. The monoisotopic (exact) mass is 212 g/mol. The summed E-state index contributed by atoms with van der Waals surface area (Å²) in [7, 11) is 0. The van der Waals surface area contributed by atoms with Crippen LogP contribution in [0.25, 0.3) is 0 Å². The van der Waals surface area contributed by atoms with Crippen molar-refractivity contribution in [3.63, 3.8) is 0 Å². The van der Waals surface area contributed by atoms with E-state index in [1.807, 2.05) is 6.92 Å². The predicted octanol–water partition coefficient (Wildman–Crippen LogP) is 2.16. The minimum atomic E-state index is -0.175.